The summed E-state index contributed by atoms with van der Waals surface area (Å²) in [6, 6.07) is 0. The molecule has 0 aromatic carbocycles. The molecule has 3 N–H and O–H groups in total. The molecule has 0 saturated carbocycles. The smallest absolute Gasteiger partial charge is 0.356 e. The van der Waals surface area contributed by atoms with Crippen LogP contribution in [-0.4, -0.2) is 43.2 Å². The molecule has 0 bridgehead atoms. The maximum Gasteiger partial charge on any atom is 0.434 e. The van der Waals surface area contributed by atoms with Gasteiger partial charge in [0.05, 0.1) is 5.01 Å². The Kier molecular flexibility index (Phi) is 10.1. The molecule has 1 aromatic rings. The molecule has 0 aliphatic heterocycles. The van der Waals surface area contributed by atoms with Gasteiger partial charge in [0, 0.05) is 44.0 Å². The van der Waals surface area contributed by atoms with Crippen LogP contribution in [0.2, 0.25) is 0 Å². The number of aliphatic imine (C=N–C) groups is 1. The zero-order valence-electron chi connectivity index (χ0n) is 14.3. The van der Waals surface area contributed by atoms with Crippen molar-refractivity contribution in [1.82, 2.24) is 20.9 Å². The standard InChI is InChI=1S/C14H24F3N5S.HI/c1-13(2,3)21-8-7-20-12(18-4)19-6-5-11-22-10(9-23-11)14(15,16)17;/h9,21H,5-8H2,1-4H3,(H2,18,19,20);1H. The van der Waals surface area contributed by atoms with E-state index >= 15 is 0 Å². The molecule has 0 fully saturated rings. The Hall–Kier alpha value is -0.620. The fourth-order valence-corrected chi connectivity index (χ4v) is 2.49. The summed E-state index contributed by atoms with van der Waals surface area (Å²) in [7, 11) is 1.65. The maximum absolute atomic E-state index is 12.5. The summed E-state index contributed by atoms with van der Waals surface area (Å²) in [4.78, 5) is 7.66. The third kappa shape index (κ3) is 9.62. The first kappa shape index (κ1) is 23.4. The van der Waals surface area contributed by atoms with Gasteiger partial charge in [-0.3, -0.25) is 4.99 Å². The predicted molar refractivity (Wildman–Crippen MR) is 103 cm³/mol. The van der Waals surface area contributed by atoms with Crippen molar-refractivity contribution in [1.29, 1.82) is 0 Å². The van der Waals surface area contributed by atoms with E-state index in [-0.39, 0.29) is 29.5 Å². The summed E-state index contributed by atoms with van der Waals surface area (Å²) in [5, 5.41) is 11.0. The Morgan fingerprint density at radius 1 is 1.17 bits per heavy atom. The lowest BCUT2D eigenvalue weighted by Gasteiger charge is -2.21. The highest BCUT2D eigenvalue weighted by atomic mass is 127. The molecule has 5 nitrogen and oxygen atoms in total. The number of alkyl halides is 3. The van der Waals surface area contributed by atoms with Crippen molar-refractivity contribution in [2.75, 3.05) is 26.7 Å². The lowest BCUT2D eigenvalue weighted by Crippen LogP contribution is -2.44. The van der Waals surface area contributed by atoms with Crippen molar-refractivity contribution in [3.63, 3.8) is 0 Å². The highest BCUT2D eigenvalue weighted by Gasteiger charge is 2.33. The van der Waals surface area contributed by atoms with Gasteiger partial charge in [-0.15, -0.1) is 35.3 Å². The summed E-state index contributed by atoms with van der Waals surface area (Å²) >= 11 is 1.02. The molecular formula is C14H25F3IN5S. The molecule has 0 aliphatic carbocycles. The number of hydrogen-bond acceptors (Lipinski definition) is 4. The zero-order valence-corrected chi connectivity index (χ0v) is 17.4. The van der Waals surface area contributed by atoms with Gasteiger partial charge in [0.25, 0.3) is 0 Å². The van der Waals surface area contributed by atoms with E-state index in [9.17, 15) is 13.2 Å². The van der Waals surface area contributed by atoms with Crippen molar-refractivity contribution < 1.29 is 13.2 Å². The van der Waals surface area contributed by atoms with E-state index in [1.54, 1.807) is 7.05 Å². The lowest BCUT2D eigenvalue weighted by atomic mass is 10.1. The summed E-state index contributed by atoms with van der Waals surface area (Å²) in [5.41, 5.74) is -0.770. The first-order valence-corrected chi connectivity index (χ1v) is 8.21. The average molecular weight is 479 g/mol. The van der Waals surface area contributed by atoms with Gasteiger partial charge in [0.2, 0.25) is 0 Å². The fourth-order valence-electron chi connectivity index (χ4n) is 1.68. The second-order valence-corrected chi connectivity index (χ2v) is 6.92. The molecule has 140 valence electrons. The minimum Gasteiger partial charge on any atom is -0.356 e. The Labute approximate surface area is 161 Å². The van der Waals surface area contributed by atoms with Crippen LogP contribution in [0.3, 0.4) is 0 Å². The van der Waals surface area contributed by atoms with E-state index in [0.29, 0.717) is 30.5 Å². The van der Waals surface area contributed by atoms with Gasteiger partial charge >= 0.3 is 6.18 Å². The first-order chi connectivity index (χ1) is 10.6. The Bertz CT molecular complexity index is 511. The number of nitrogens with one attached hydrogen (secondary N) is 3. The minimum absolute atomic E-state index is 0. The lowest BCUT2D eigenvalue weighted by molar-refractivity contribution is -0.140. The van der Waals surface area contributed by atoms with Crippen LogP contribution in [0, 0.1) is 0 Å². The molecular weight excluding hydrogens is 454 g/mol. The molecule has 1 rings (SSSR count). The normalized spacial score (nSPS) is 12.7. The van der Waals surface area contributed by atoms with Crippen LogP contribution >= 0.6 is 35.3 Å². The molecule has 1 aromatic heterocycles. The third-order valence-corrected chi connectivity index (χ3v) is 3.68. The quantitative estimate of drug-likeness (QED) is 0.254. The van der Waals surface area contributed by atoms with Crippen molar-refractivity contribution in [2.45, 2.75) is 38.9 Å². The van der Waals surface area contributed by atoms with Gasteiger partial charge in [-0.1, -0.05) is 0 Å². The highest BCUT2D eigenvalue weighted by Crippen LogP contribution is 2.29. The number of halogens is 4. The number of nitrogens with zero attached hydrogens (tertiary/aromatic N) is 2. The second-order valence-electron chi connectivity index (χ2n) is 5.98. The molecule has 0 unspecified atom stereocenters. The molecule has 0 amide bonds. The Morgan fingerprint density at radius 3 is 2.29 bits per heavy atom. The Morgan fingerprint density at radius 2 is 1.79 bits per heavy atom. The van der Waals surface area contributed by atoms with E-state index in [2.05, 4.69) is 46.7 Å². The maximum atomic E-state index is 12.5. The summed E-state index contributed by atoms with van der Waals surface area (Å²) < 4.78 is 37.4. The summed E-state index contributed by atoms with van der Waals surface area (Å²) in [6.45, 7) is 8.21. The van der Waals surface area contributed by atoms with Crippen LogP contribution in [0.25, 0.3) is 0 Å². The molecule has 10 heteroatoms. The number of thiazole rings is 1. The molecule has 1 heterocycles. The van der Waals surface area contributed by atoms with Crippen LogP contribution in [-0.2, 0) is 12.6 Å². The van der Waals surface area contributed by atoms with Crippen LogP contribution in [0.1, 0.15) is 31.5 Å². The largest absolute Gasteiger partial charge is 0.434 e. The van der Waals surface area contributed by atoms with E-state index in [1.165, 1.54) is 0 Å². The van der Waals surface area contributed by atoms with E-state index < -0.39 is 11.9 Å². The van der Waals surface area contributed by atoms with Crippen molar-refractivity contribution in [2.24, 2.45) is 4.99 Å². The minimum atomic E-state index is -4.38. The fraction of sp³-hybridized carbons (Fsp3) is 0.714. The molecule has 0 spiro atoms. The van der Waals surface area contributed by atoms with Gasteiger partial charge in [0.15, 0.2) is 11.7 Å². The highest BCUT2D eigenvalue weighted by molar-refractivity contribution is 14.0. The van der Waals surface area contributed by atoms with Crippen molar-refractivity contribution in [3.8, 4) is 0 Å². The van der Waals surface area contributed by atoms with Gasteiger partial charge in [-0.2, -0.15) is 13.2 Å². The Balaban J connectivity index is 0.00000529. The monoisotopic (exact) mass is 479 g/mol. The van der Waals surface area contributed by atoms with Crippen LogP contribution in [0.5, 0.6) is 0 Å². The predicted octanol–water partition coefficient (Wildman–Crippen LogP) is 2.88. The molecule has 0 aliphatic rings. The van der Waals surface area contributed by atoms with E-state index in [4.69, 9.17) is 0 Å². The van der Waals surface area contributed by atoms with Crippen LogP contribution in [0.15, 0.2) is 10.4 Å². The molecule has 0 radical (unpaired) electrons. The van der Waals surface area contributed by atoms with E-state index in [0.717, 1.165) is 23.3 Å². The number of guanidine groups is 1. The first-order valence-electron chi connectivity index (χ1n) is 7.33. The molecule has 24 heavy (non-hydrogen) atoms. The second kappa shape index (κ2) is 10.4. The molecule has 0 atom stereocenters. The zero-order chi connectivity index (χ0) is 17.5. The van der Waals surface area contributed by atoms with Gasteiger partial charge < -0.3 is 16.0 Å². The van der Waals surface area contributed by atoms with Crippen LogP contribution < -0.4 is 16.0 Å². The van der Waals surface area contributed by atoms with Crippen molar-refractivity contribution >= 4 is 41.3 Å². The number of rotatable bonds is 6. The van der Waals surface area contributed by atoms with Crippen LogP contribution in [0.4, 0.5) is 13.2 Å². The summed E-state index contributed by atoms with van der Waals surface area (Å²) in [5.74, 6) is 0.619. The van der Waals surface area contributed by atoms with E-state index in [1.807, 2.05) is 0 Å². The van der Waals surface area contributed by atoms with Gasteiger partial charge in [-0.05, 0) is 20.8 Å². The number of aromatic nitrogens is 1. The van der Waals surface area contributed by atoms with Gasteiger partial charge in [0.1, 0.15) is 0 Å². The topological polar surface area (TPSA) is 61.3 Å². The van der Waals surface area contributed by atoms with Crippen molar-refractivity contribution in [3.05, 3.63) is 16.1 Å². The average Bonchev–Trinajstić information content (AvgIpc) is 2.89. The number of hydrogen-bond donors (Lipinski definition) is 3. The summed E-state index contributed by atoms with van der Waals surface area (Å²) in [6.07, 6.45) is -3.96. The third-order valence-electron chi connectivity index (χ3n) is 2.77. The molecule has 0 saturated heterocycles. The van der Waals surface area contributed by atoms with Gasteiger partial charge in [-0.25, -0.2) is 4.98 Å². The SMILES string of the molecule is CN=C(NCCNC(C)(C)C)NCCc1nc(C(F)(F)F)cs1.I.